The van der Waals surface area contributed by atoms with Crippen LogP contribution in [0.5, 0.6) is 0 Å². The molecule has 0 aliphatic carbocycles. The van der Waals surface area contributed by atoms with E-state index in [2.05, 4.69) is 15.6 Å². The molecule has 0 atom stereocenters. The summed E-state index contributed by atoms with van der Waals surface area (Å²) in [5.74, 6) is 0. The van der Waals surface area contributed by atoms with Crippen molar-refractivity contribution < 1.29 is 5.11 Å². The van der Waals surface area contributed by atoms with Gasteiger partial charge in [-0.15, -0.1) is 12.4 Å². The van der Waals surface area contributed by atoms with Gasteiger partial charge in [0.15, 0.2) is 0 Å². The van der Waals surface area contributed by atoms with E-state index < -0.39 is 0 Å². The van der Waals surface area contributed by atoms with Crippen LogP contribution in [0.15, 0.2) is 18.2 Å². The van der Waals surface area contributed by atoms with Crippen LogP contribution in [0.3, 0.4) is 0 Å². The van der Waals surface area contributed by atoms with Crippen LogP contribution in [0, 0.1) is 0 Å². The first-order chi connectivity index (χ1) is 5.11. The molecule has 0 aromatic heterocycles. The molecule has 66 valence electrons. The van der Waals surface area contributed by atoms with E-state index in [1.54, 1.807) is 18.2 Å². The zero-order chi connectivity index (χ0) is 8.43. The summed E-state index contributed by atoms with van der Waals surface area (Å²) in [6.07, 6.45) is 0. The Morgan fingerprint density at radius 2 is 1.92 bits per heavy atom. The van der Waals surface area contributed by atoms with Crippen LogP contribution in [0.4, 0.5) is 0 Å². The molecule has 0 saturated carbocycles. The molecule has 1 N–H and O–H groups in total. The Morgan fingerprint density at radius 3 is 2.33 bits per heavy atom. The molecule has 0 fully saturated rings. The van der Waals surface area contributed by atoms with E-state index in [1.165, 1.54) is 0 Å². The number of halogens is 3. The van der Waals surface area contributed by atoms with E-state index in [1.807, 2.05) is 0 Å². The molecular weight excluding hydrogens is 285 g/mol. The van der Waals surface area contributed by atoms with Crippen LogP contribution in [-0.4, -0.2) is 25.3 Å². The van der Waals surface area contributed by atoms with Gasteiger partial charge in [0.2, 0.25) is 0 Å². The van der Waals surface area contributed by atoms with Gasteiger partial charge in [-0.3, -0.25) is 0 Å². The Kier molecular flexibility index (Phi) is 5.22. The molecule has 1 aromatic carbocycles. The molecule has 0 heterocycles. The van der Waals surface area contributed by atoms with Gasteiger partial charge in [-0.25, -0.2) is 0 Å². The van der Waals surface area contributed by atoms with Crippen LogP contribution >= 0.6 is 35.6 Å². The van der Waals surface area contributed by atoms with Crippen LogP contribution in [0.1, 0.15) is 5.56 Å². The Labute approximate surface area is 94.4 Å². The summed E-state index contributed by atoms with van der Waals surface area (Å²) >= 11 is 13.8. The van der Waals surface area contributed by atoms with Crippen molar-refractivity contribution in [3.8, 4) is 0 Å². The van der Waals surface area contributed by atoms with Gasteiger partial charge >= 0.3 is 82.3 Å². The van der Waals surface area contributed by atoms with Crippen molar-refractivity contribution in [2.75, 3.05) is 0 Å². The fourth-order valence-electron chi connectivity index (χ4n) is 0.661. The van der Waals surface area contributed by atoms with E-state index in [9.17, 15) is 0 Å². The molecule has 0 saturated heterocycles. The van der Waals surface area contributed by atoms with Gasteiger partial charge in [-0.1, -0.05) is 0 Å². The Hall–Kier alpha value is 0.279. The van der Waals surface area contributed by atoms with Gasteiger partial charge in [-0.05, 0) is 0 Å². The number of hydrogen-bond acceptors (Lipinski definition) is 1. The monoisotopic (exact) mass is 290 g/mol. The van der Waals surface area contributed by atoms with E-state index in [0.717, 1.165) is 0 Å². The Bertz CT molecular complexity index is 301. The molecule has 0 aliphatic heterocycles. The quantitative estimate of drug-likeness (QED) is 0.788. The molecule has 1 aromatic rings. The Morgan fingerprint density at radius 1 is 1.33 bits per heavy atom. The standard InChI is InChI=1S/C7H4Cl2OSe.ClH/c8-4-1-2-6(9)5(3-4)7(10)11;/h1-3H,(H,10,11);1H. The summed E-state index contributed by atoms with van der Waals surface area (Å²) in [5, 5.41) is 10.1. The molecule has 0 bridgehead atoms. The number of aliphatic hydroxyl groups is 1. The zero-order valence-electron chi connectivity index (χ0n) is 5.75. The first-order valence-electron chi connectivity index (χ1n) is 2.79. The van der Waals surface area contributed by atoms with Crippen LogP contribution in [-0.2, 0) is 0 Å². The molecule has 0 unspecified atom stereocenters. The molecule has 1 rings (SSSR count). The predicted octanol–water partition coefficient (Wildman–Crippen LogP) is 2.43. The predicted molar refractivity (Wildman–Crippen MR) is 55.5 cm³/mol. The summed E-state index contributed by atoms with van der Waals surface area (Å²) in [4.78, 5) is 0. The average Bonchev–Trinajstić information content (AvgIpc) is 1.94. The van der Waals surface area contributed by atoms with Gasteiger partial charge in [0.25, 0.3) is 0 Å². The summed E-state index contributed by atoms with van der Waals surface area (Å²) in [6, 6.07) is 4.89. The normalized spacial score (nSPS) is 8.83. The topological polar surface area (TPSA) is 20.2 Å². The SMILES string of the molecule is Cl.OC(=[Se])c1cc(Cl)ccc1Cl. The summed E-state index contributed by atoms with van der Waals surface area (Å²) < 4.78 is 0.0532. The van der Waals surface area contributed by atoms with Crippen molar-refractivity contribution in [3.63, 3.8) is 0 Å². The molecule has 12 heavy (non-hydrogen) atoms. The van der Waals surface area contributed by atoms with Crippen LogP contribution in [0.25, 0.3) is 0 Å². The van der Waals surface area contributed by atoms with Gasteiger partial charge in [0.05, 0.1) is 0 Å². The van der Waals surface area contributed by atoms with Crippen molar-refractivity contribution in [1.29, 1.82) is 0 Å². The molecule has 0 aliphatic rings. The van der Waals surface area contributed by atoms with Crippen molar-refractivity contribution >= 4 is 55.8 Å². The van der Waals surface area contributed by atoms with E-state index in [4.69, 9.17) is 28.3 Å². The van der Waals surface area contributed by atoms with Gasteiger partial charge in [0.1, 0.15) is 0 Å². The van der Waals surface area contributed by atoms with Gasteiger partial charge < -0.3 is 0 Å². The third-order valence-corrected chi connectivity index (χ3v) is 2.18. The average molecular weight is 290 g/mol. The third kappa shape index (κ3) is 2.96. The fourth-order valence-corrected chi connectivity index (χ4v) is 1.52. The second-order valence-electron chi connectivity index (χ2n) is 1.93. The molecule has 5 heteroatoms. The second kappa shape index (κ2) is 5.11. The maximum atomic E-state index is 9.05. The van der Waals surface area contributed by atoms with E-state index in [-0.39, 0.29) is 17.0 Å². The molecule has 1 nitrogen and oxygen atoms in total. The summed E-state index contributed by atoms with van der Waals surface area (Å²) in [7, 11) is 0. The number of benzene rings is 1. The first kappa shape index (κ1) is 12.3. The van der Waals surface area contributed by atoms with Crippen LogP contribution in [0.2, 0.25) is 10.0 Å². The number of rotatable bonds is 1. The first-order valence-corrected chi connectivity index (χ1v) is 4.41. The molecule has 0 radical (unpaired) electrons. The molecule has 0 spiro atoms. The zero-order valence-corrected chi connectivity index (χ0v) is 9.79. The van der Waals surface area contributed by atoms with Crippen molar-refractivity contribution in [2.24, 2.45) is 0 Å². The number of aliphatic hydroxyl groups excluding tert-OH is 1. The third-order valence-electron chi connectivity index (χ3n) is 1.16. The molecule has 0 amide bonds. The van der Waals surface area contributed by atoms with Gasteiger partial charge in [-0.2, -0.15) is 0 Å². The van der Waals surface area contributed by atoms with Crippen molar-refractivity contribution in [3.05, 3.63) is 33.8 Å². The summed E-state index contributed by atoms with van der Waals surface area (Å²) in [5.41, 5.74) is 0.527. The van der Waals surface area contributed by atoms with Crippen molar-refractivity contribution in [1.82, 2.24) is 0 Å². The van der Waals surface area contributed by atoms with Crippen molar-refractivity contribution in [2.45, 2.75) is 0 Å². The molecular formula is C7H5Cl3OSe. The number of hydrogen-bond donors (Lipinski definition) is 1. The van der Waals surface area contributed by atoms with Crippen LogP contribution < -0.4 is 0 Å². The van der Waals surface area contributed by atoms with E-state index >= 15 is 0 Å². The van der Waals surface area contributed by atoms with Gasteiger partial charge in [0, 0.05) is 0 Å². The second-order valence-corrected chi connectivity index (χ2v) is 3.58. The fraction of sp³-hybridized carbons (Fsp3) is 0. The van der Waals surface area contributed by atoms with E-state index in [0.29, 0.717) is 15.6 Å². The maximum absolute atomic E-state index is 9.05. The Balaban J connectivity index is 0.00000121. The summed E-state index contributed by atoms with van der Waals surface area (Å²) in [6.45, 7) is 0. The minimum absolute atomic E-state index is 0. The minimum atomic E-state index is 0.